The molecule has 86 valence electrons. The molecule has 2 aromatic carbocycles. The molecule has 0 fully saturated rings. The smallest absolute Gasteiger partial charge is 0.153 e. The maximum atomic E-state index is 10.9. The average Bonchev–Trinajstić information content (AvgIpc) is 2.34. The molecule has 0 bridgehead atoms. The highest BCUT2D eigenvalue weighted by atomic mass is 16.5. The van der Waals surface area contributed by atoms with E-state index >= 15 is 0 Å². The van der Waals surface area contributed by atoms with E-state index in [4.69, 9.17) is 4.74 Å². The Kier molecular flexibility index (Phi) is 3.24. The summed E-state index contributed by atoms with van der Waals surface area (Å²) in [4.78, 5) is 10.9. The Labute approximate surface area is 101 Å². The molecule has 0 radical (unpaired) electrons. The van der Waals surface area contributed by atoms with Gasteiger partial charge in [0.15, 0.2) is 6.29 Å². The van der Waals surface area contributed by atoms with Gasteiger partial charge in [-0.3, -0.25) is 4.79 Å². The summed E-state index contributed by atoms with van der Waals surface area (Å²) in [6, 6.07) is 13.1. The number of rotatable bonds is 3. The van der Waals surface area contributed by atoms with Crippen molar-refractivity contribution in [2.45, 2.75) is 13.8 Å². The Bertz CT molecular complexity index is 544. The minimum absolute atomic E-state index is 0.561. The topological polar surface area (TPSA) is 26.3 Å². The maximum absolute atomic E-state index is 10.9. The molecule has 0 unspecified atom stereocenters. The molecule has 0 N–H and O–H groups in total. The summed E-state index contributed by atoms with van der Waals surface area (Å²) in [5.74, 6) is 1.34. The van der Waals surface area contributed by atoms with E-state index in [1.165, 1.54) is 11.1 Å². The zero-order chi connectivity index (χ0) is 12.3. The summed E-state index contributed by atoms with van der Waals surface area (Å²) in [5.41, 5.74) is 2.96. The first kappa shape index (κ1) is 11.4. The first-order valence-corrected chi connectivity index (χ1v) is 5.50. The van der Waals surface area contributed by atoms with Gasteiger partial charge in [0.2, 0.25) is 0 Å². The highest BCUT2D eigenvalue weighted by Gasteiger charge is 2.03. The summed E-state index contributed by atoms with van der Waals surface area (Å²) >= 11 is 0. The second-order valence-corrected chi connectivity index (χ2v) is 4.00. The van der Waals surface area contributed by atoms with Gasteiger partial charge in [-0.25, -0.2) is 0 Å². The molecule has 0 saturated heterocycles. The minimum atomic E-state index is 0.561. The van der Waals surface area contributed by atoms with Crippen LogP contribution in [0.15, 0.2) is 42.5 Å². The molecule has 0 aromatic heterocycles. The zero-order valence-corrected chi connectivity index (χ0v) is 9.94. The van der Waals surface area contributed by atoms with Crippen molar-refractivity contribution in [3.05, 3.63) is 59.2 Å². The first-order valence-electron chi connectivity index (χ1n) is 5.50. The van der Waals surface area contributed by atoms with E-state index in [1.54, 1.807) is 12.1 Å². The Morgan fingerprint density at radius 2 is 1.76 bits per heavy atom. The summed E-state index contributed by atoms with van der Waals surface area (Å²) in [7, 11) is 0. The van der Waals surface area contributed by atoms with Crippen LogP contribution in [0, 0.1) is 13.8 Å². The molecule has 0 aliphatic carbocycles. The van der Waals surface area contributed by atoms with Crippen LogP contribution >= 0.6 is 0 Å². The van der Waals surface area contributed by atoms with Crippen LogP contribution in [0.3, 0.4) is 0 Å². The van der Waals surface area contributed by atoms with Crippen molar-refractivity contribution in [3.8, 4) is 11.5 Å². The number of carbonyl (C=O) groups excluding carboxylic acids is 1. The van der Waals surface area contributed by atoms with Crippen LogP contribution in [0.25, 0.3) is 0 Å². The standard InChI is InChI=1S/C15H14O2/c1-11-7-8-14(9-12(11)2)17-15-6-4-3-5-13(15)10-16/h3-10H,1-2H3. The van der Waals surface area contributed by atoms with Gasteiger partial charge in [-0.15, -0.1) is 0 Å². The van der Waals surface area contributed by atoms with Gasteiger partial charge in [0.25, 0.3) is 0 Å². The minimum Gasteiger partial charge on any atom is -0.457 e. The summed E-state index contributed by atoms with van der Waals surface area (Å²) in [6.45, 7) is 4.09. The van der Waals surface area contributed by atoms with Crippen LogP contribution in [-0.4, -0.2) is 6.29 Å². The van der Waals surface area contributed by atoms with Crippen LogP contribution in [0.4, 0.5) is 0 Å². The number of hydrogen-bond acceptors (Lipinski definition) is 2. The largest absolute Gasteiger partial charge is 0.457 e. The Morgan fingerprint density at radius 1 is 1.00 bits per heavy atom. The predicted octanol–water partition coefficient (Wildman–Crippen LogP) is 3.91. The van der Waals surface area contributed by atoms with Gasteiger partial charge in [-0.1, -0.05) is 18.2 Å². The SMILES string of the molecule is Cc1ccc(Oc2ccccc2C=O)cc1C. The molecule has 0 atom stereocenters. The van der Waals surface area contributed by atoms with Crippen LogP contribution in [-0.2, 0) is 0 Å². The van der Waals surface area contributed by atoms with Crippen LogP contribution in [0.5, 0.6) is 11.5 Å². The van der Waals surface area contributed by atoms with E-state index in [-0.39, 0.29) is 0 Å². The van der Waals surface area contributed by atoms with Crippen molar-refractivity contribution in [1.82, 2.24) is 0 Å². The zero-order valence-electron chi connectivity index (χ0n) is 9.94. The quantitative estimate of drug-likeness (QED) is 0.742. The van der Waals surface area contributed by atoms with E-state index in [0.717, 1.165) is 12.0 Å². The van der Waals surface area contributed by atoms with E-state index in [9.17, 15) is 4.79 Å². The predicted molar refractivity (Wildman–Crippen MR) is 67.8 cm³/mol. The molecule has 0 heterocycles. The van der Waals surface area contributed by atoms with Crippen molar-refractivity contribution in [1.29, 1.82) is 0 Å². The van der Waals surface area contributed by atoms with Crippen LogP contribution < -0.4 is 4.74 Å². The molecule has 0 amide bonds. The van der Waals surface area contributed by atoms with Gasteiger partial charge in [-0.05, 0) is 49.2 Å². The van der Waals surface area contributed by atoms with Crippen molar-refractivity contribution >= 4 is 6.29 Å². The number of para-hydroxylation sites is 1. The Balaban J connectivity index is 2.31. The second-order valence-electron chi connectivity index (χ2n) is 4.00. The molecule has 0 saturated carbocycles. The molecule has 2 heteroatoms. The van der Waals surface area contributed by atoms with Gasteiger partial charge >= 0.3 is 0 Å². The fourth-order valence-corrected chi connectivity index (χ4v) is 1.58. The monoisotopic (exact) mass is 226 g/mol. The molecule has 0 spiro atoms. The van der Waals surface area contributed by atoms with E-state index in [2.05, 4.69) is 6.92 Å². The molecule has 2 rings (SSSR count). The molecular formula is C15H14O2. The van der Waals surface area contributed by atoms with Gasteiger partial charge in [0, 0.05) is 0 Å². The normalized spacial score (nSPS) is 10.0. The highest BCUT2D eigenvalue weighted by molar-refractivity contribution is 5.79. The van der Waals surface area contributed by atoms with Gasteiger partial charge in [0.05, 0.1) is 5.56 Å². The Hall–Kier alpha value is -2.09. The van der Waals surface area contributed by atoms with Gasteiger partial charge in [-0.2, -0.15) is 0 Å². The van der Waals surface area contributed by atoms with E-state index in [1.807, 2.05) is 37.3 Å². The van der Waals surface area contributed by atoms with Crippen molar-refractivity contribution in [2.75, 3.05) is 0 Å². The Morgan fingerprint density at radius 3 is 2.47 bits per heavy atom. The van der Waals surface area contributed by atoms with Crippen molar-refractivity contribution in [2.24, 2.45) is 0 Å². The fourth-order valence-electron chi connectivity index (χ4n) is 1.58. The lowest BCUT2D eigenvalue weighted by atomic mass is 10.1. The fraction of sp³-hybridized carbons (Fsp3) is 0.133. The lowest BCUT2D eigenvalue weighted by Gasteiger charge is -2.09. The number of aldehydes is 1. The number of ether oxygens (including phenoxy) is 1. The first-order chi connectivity index (χ1) is 8.20. The lowest BCUT2D eigenvalue weighted by Crippen LogP contribution is -1.91. The number of benzene rings is 2. The van der Waals surface area contributed by atoms with Crippen molar-refractivity contribution in [3.63, 3.8) is 0 Å². The number of carbonyl (C=O) groups is 1. The molecule has 0 aliphatic rings. The average molecular weight is 226 g/mol. The maximum Gasteiger partial charge on any atom is 0.153 e. The molecule has 2 nitrogen and oxygen atoms in total. The third-order valence-electron chi connectivity index (χ3n) is 2.75. The molecular weight excluding hydrogens is 212 g/mol. The lowest BCUT2D eigenvalue weighted by molar-refractivity contribution is 0.112. The molecule has 17 heavy (non-hydrogen) atoms. The number of aryl methyl sites for hydroxylation is 2. The summed E-state index contributed by atoms with van der Waals surface area (Å²) in [6.07, 6.45) is 0.802. The van der Waals surface area contributed by atoms with Crippen LogP contribution in [0.2, 0.25) is 0 Å². The van der Waals surface area contributed by atoms with Crippen LogP contribution in [0.1, 0.15) is 21.5 Å². The van der Waals surface area contributed by atoms with Gasteiger partial charge in [0.1, 0.15) is 11.5 Å². The molecule has 2 aromatic rings. The molecule has 0 aliphatic heterocycles. The van der Waals surface area contributed by atoms with Crippen molar-refractivity contribution < 1.29 is 9.53 Å². The number of hydrogen-bond donors (Lipinski definition) is 0. The van der Waals surface area contributed by atoms with Gasteiger partial charge < -0.3 is 4.74 Å². The third-order valence-corrected chi connectivity index (χ3v) is 2.75. The third kappa shape index (κ3) is 2.53. The summed E-state index contributed by atoms with van der Waals surface area (Å²) in [5, 5.41) is 0. The highest BCUT2D eigenvalue weighted by Crippen LogP contribution is 2.25. The second kappa shape index (κ2) is 4.83. The van der Waals surface area contributed by atoms with E-state index in [0.29, 0.717) is 11.3 Å². The van der Waals surface area contributed by atoms with E-state index < -0.39 is 0 Å². The summed E-state index contributed by atoms with van der Waals surface area (Å²) < 4.78 is 5.70.